The maximum atomic E-state index is 13.7. The summed E-state index contributed by atoms with van der Waals surface area (Å²) in [5.41, 5.74) is 8.58. The molecule has 11 nitrogen and oxygen atoms in total. The Morgan fingerprint density at radius 3 is 2.50 bits per heavy atom. The number of likely N-dealkylation sites (N-methyl/N-ethyl adjacent to an activating group) is 1. The molecule has 4 rings (SSSR count). The Labute approximate surface area is 271 Å². The molecular weight excluding hydrogens is 584 g/mol. The Bertz CT molecular complexity index is 1630. The van der Waals surface area contributed by atoms with E-state index in [2.05, 4.69) is 28.3 Å². The molecule has 0 radical (unpaired) electrons. The van der Waals surface area contributed by atoms with Crippen LogP contribution in [0.15, 0.2) is 48.5 Å². The zero-order valence-corrected chi connectivity index (χ0v) is 28.0. The minimum atomic E-state index is -1.15. The Hall–Kier alpha value is -4.22. The van der Waals surface area contributed by atoms with Crippen LogP contribution in [0.2, 0.25) is 0 Å². The molecule has 248 valence electrons. The summed E-state index contributed by atoms with van der Waals surface area (Å²) in [6.45, 7) is 13.5. The van der Waals surface area contributed by atoms with Gasteiger partial charge in [0.2, 0.25) is 5.91 Å². The number of anilines is 1. The number of methoxy groups -OCH3 is 1. The first-order valence-electron chi connectivity index (χ1n) is 16.1. The van der Waals surface area contributed by atoms with Crippen molar-refractivity contribution in [2.45, 2.75) is 66.2 Å². The molecule has 0 bridgehead atoms. The van der Waals surface area contributed by atoms with Crippen LogP contribution in [0.1, 0.15) is 52.4 Å². The third-order valence-electron chi connectivity index (χ3n) is 8.05. The van der Waals surface area contributed by atoms with Crippen molar-refractivity contribution in [2.24, 2.45) is 0 Å². The lowest BCUT2D eigenvalue weighted by Gasteiger charge is -2.27. The minimum absolute atomic E-state index is 0.0517. The molecule has 4 aromatic rings. The van der Waals surface area contributed by atoms with Crippen molar-refractivity contribution in [2.75, 3.05) is 52.2 Å². The summed E-state index contributed by atoms with van der Waals surface area (Å²) >= 11 is 0. The van der Waals surface area contributed by atoms with Crippen LogP contribution in [-0.2, 0) is 38.6 Å². The number of amides is 1. The summed E-state index contributed by atoms with van der Waals surface area (Å²) in [6, 6.07) is 15.5. The fourth-order valence-corrected chi connectivity index (χ4v) is 5.55. The van der Waals surface area contributed by atoms with Gasteiger partial charge in [-0.1, -0.05) is 44.2 Å². The number of carbonyl (C=O) groups is 2. The quantitative estimate of drug-likeness (QED) is 0.163. The van der Waals surface area contributed by atoms with Crippen LogP contribution < -0.4 is 10.5 Å². The SMILES string of the molecule is CCOC(=O)C(C)(C)Oc1cccc(CN(CCCn2c(CCOC)nc3c(N)nc4ccccc4c32)C(=O)CN(CC)CC)c1. The van der Waals surface area contributed by atoms with Gasteiger partial charge < -0.3 is 29.4 Å². The predicted octanol–water partition coefficient (Wildman–Crippen LogP) is 4.84. The smallest absolute Gasteiger partial charge is 0.349 e. The maximum Gasteiger partial charge on any atom is 0.349 e. The highest BCUT2D eigenvalue weighted by Gasteiger charge is 2.31. The second kappa shape index (κ2) is 15.9. The lowest BCUT2D eigenvalue weighted by molar-refractivity contribution is -0.158. The first-order chi connectivity index (χ1) is 22.1. The van der Waals surface area contributed by atoms with E-state index in [1.54, 1.807) is 27.9 Å². The summed E-state index contributed by atoms with van der Waals surface area (Å²) in [6.07, 6.45) is 1.32. The normalized spacial score (nSPS) is 11.8. The summed E-state index contributed by atoms with van der Waals surface area (Å²) in [7, 11) is 1.68. The number of rotatable bonds is 17. The van der Waals surface area contributed by atoms with E-state index in [4.69, 9.17) is 24.9 Å². The molecule has 0 aliphatic rings. The minimum Gasteiger partial charge on any atom is -0.476 e. The molecule has 1 amide bonds. The molecular formula is C35H48N6O5. The van der Waals surface area contributed by atoms with Gasteiger partial charge >= 0.3 is 5.97 Å². The van der Waals surface area contributed by atoms with Crippen LogP contribution in [-0.4, -0.2) is 88.3 Å². The molecule has 0 aliphatic carbocycles. The molecule has 46 heavy (non-hydrogen) atoms. The molecule has 0 spiro atoms. The fourth-order valence-electron chi connectivity index (χ4n) is 5.55. The molecule has 0 saturated heterocycles. The van der Waals surface area contributed by atoms with Crippen LogP contribution in [0.4, 0.5) is 5.82 Å². The number of aryl methyl sites for hydroxylation is 1. The van der Waals surface area contributed by atoms with E-state index >= 15 is 0 Å². The first-order valence-corrected chi connectivity index (χ1v) is 16.1. The van der Waals surface area contributed by atoms with E-state index in [0.717, 1.165) is 40.9 Å². The van der Waals surface area contributed by atoms with Crippen molar-refractivity contribution in [3.63, 3.8) is 0 Å². The summed E-state index contributed by atoms with van der Waals surface area (Å²) < 4.78 is 18.8. The van der Waals surface area contributed by atoms with Crippen molar-refractivity contribution < 1.29 is 23.8 Å². The average molecular weight is 633 g/mol. The molecule has 2 aromatic heterocycles. The molecule has 2 heterocycles. The highest BCUT2D eigenvalue weighted by Crippen LogP contribution is 2.29. The predicted molar refractivity (Wildman–Crippen MR) is 181 cm³/mol. The molecule has 11 heteroatoms. The number of fused-ring (bicyclic) bond motifs is 3. The van der Waals surface area contributed by atoms with Crippen LogP contribution in [0.5, 0.6) is 5.75 Å². The standard InChI is InChI=1S/C35H48N6O5/c1-7-39(8-2)24-30(42)40(23-25-14-12-15-26(22-25)46-35(4,5)34(43)45-9-3)19-13-20-41-29(18-21-44-6)38-31-32(41)27-16-10-11-17-28(27)37-33(31)36/h10-12,14-17,22H,7-9,13,18-21,23-24H2,1-6H3,(H2,36,37). The van der Waals surface area contributed by atoms with Gasteiger partial charge in [0.15, 0.2) is 11.4 Å². The van der Waals surface area contributed by atoms with Gasteiger partial charge in [-0.15, -0.1) is 0 Å². The number of esters is 1. The van der Waals surface area contributed by atoms with Gasteiger partial charge in [0, 0.05) is 38.6 Å². The van der Waals surface area contributed by atoms with Gasteiger partial charge in [-0.25, -0.2) is 14.8 Å². The van der Waals surface area contributed by atoms with Crippen molar-refractivity contribution >= 4 is 39.6 Å². The lowest BCUT2D eigenvalue weighted by atomic mass is 10.1. The lowest BCUT2D eigenvalue weighted by Crippen LogP contribution is -2.41. The number of aromatic nitrogens is 3. The first kappa shape index (κ1) is 34.6. The number of carbonyl (C=O) groups excluding carboxylic acids is 2. The number of nitrogens with zero attached hydrogens (tertiary/aromatic N) is 5. The molecule has 0 unspecified atom stereocenters. The Morgan fingerprint density at radius 2 is 1.78 bits per heavy atom. The Balaban J connectivity index is 1.60. The van der Waals surface area contributed by atoms with Gasteiger partial charge in [-0.2, -0.15) is 0 Å². The van der Waals surface area contributed by atoms with Crippen molar-refractivity contribution in [1.82, 2.24) is 24.3 Å². The number of para-hydroxylation sites is 1. The van der Waals surface area contributed by atoms with Crippen molar-refractivity contribution in [3.8, 4) is 5.75 Å². The summed E-state index contributed by atoms with van der Waals surface area (Å²) in [5, 5.41) is 0.986. The molecule has 0 atom stereocenters. The zero-order chi connectivity index (χ0) is 33.3. The number of hydrogen-bond acceptors (Lipinski definition) is 9. The van der Waals surface area contributed by atoms with Gasteiger partial charge in [0.25, 0.3) is 0 Å². The van der Waals surface area contributed by atoms with Crippen molar-refractivity contribution in [3.05, 3.63) is 59.9 Å². The van der Waals surface area contributed by atoms with Gasteiger partial charge in [0.05, 0.1) is 30.8 Å². The van der Waals surface area contributed by atoms with Gasteiger partial charge in [-0.05, 0) is 64.0 Å². The van der Waals surface area contributed by atoms with E-state index in [1.807, 2.05) is 53.4 Å². The van der Waals surface area contributed by atoms with E-state index in [-0.39, 0.29) is 12.5 Å². The topological polar surface area (TPSA) is 125 Å². The highest BCUT2D eigenvalue weighted by molar-refractivity contribution is 6.06. The average Bonchev–Trinajstić information content (AvgIpc) is 3.41. The number of nitrogens with two attached hydrogens (primary N) is 1. The number of imidazole rings is 1. The second-order valence-corrected chi connectivity index (χ2v) is 11.7. The third-order valence-corrected chi connectivity index (χ3v) is 8.05. The Morgan fingerprint density at radius 1 is 1.02 bits per heavy atom. The third kappa shape index (κ3) is 8.32. The maximum absolute atomic E-state index is 13.7. The molecule has 0 saturated carbocycles. The molecule has 0 aliphatic heterocycles. The van der Waals surface area contributed by atoms with Crippen LogP contribution in [0, 0.1) is 0 Å². The van der Waals surface area contributed by atoms with Gasteiger partial charge in [0.1, 0.15) is 17.1 Å². The molecule has 0 fully saturated rings. The molecule has 2 N–H and O–H groups in total. The monoisotopic (exact) mass is 632 g/mol. The van der Waals surface area contributed by atoms with Crippen molar-refractivity contribution in [1.29, 1.82) is 0 Å². The fraction of sp³-hybridized carbons (Fsp3) is 0.486. The van der Waals surface area contributed by atoms with E-state index in [1.165, 1.54) is 0 Å². The number of pyridine rings is 1. The summed E-state index contributed by atoms with van der Waals surface area (Å²) in [4.78, 5) is 39.6. The highest BCUT2D eigenvalue weighted by atomic mass is 16.6. The zero-order valence-electron chi connectivity index (χ0n) is 28.0. The van der Waals surface area contributed by atoms with E-state index in [0.29, 0.717) is 62.7 Å². The van der Waals surface area contributed by atoms with Gasteiger partial charge in [-0.3, -0.25) is 9.69 Å². The number of ether oxygens (including phenoxy) is 3. The largest absolute Gasteiger partial charge is 0.476 e. The van der Waals surface area contributed by atoms with E-state index in [9.17, 15) is 9.59 Å². The van der Waals surface area contributed by atoms with Crippen LogP contribution in [0.25, 0.3) is 21.9 Å². The Kier molecular flexibility index (Phi) is 11.9. The second-order valence-electron chi connectivity index (χ2n) is 11.7. The van der Waals surface area contributed by atoms with Crippen LogP contribution >= 0.6 is 0 Å². The van der Waals surface area contributed by atoms with E-state index < -0.39 is 11.6 Å². The van der Waals surface area contributed by atoms with Crippen LogP contribution in [0.3, 0.4) is 0 Å². The number of hydrogen-bond donors (Lipinski definition) is 1. The molecule has 2 aromatic carbocycles. The number of benzene rings is 2. The summed E-state index contributed by atoms with van der Waals surface area (Å²) in [5.74, 6) is 1.43. The number of nitrogen functional groups attached to an aromatic ring is 1.